The SMILES string of the molecule is COC(=O)C(Cc1ccccc1C#N)N1CCC(CN2CCC(Oc3ccc(Cl)c(Cl)c3)CC2)CC1. The summed E-state index contributed by atoms with van der Waals surface area (Å²) in [6, 6.07) is 14.8. The molecule has 2 fully saturated rings. The van der Waals surface area contributed by atoms with Crippen molar-refractivity contribution in [3.8, 4) is 11.8 Å². The lowest BCUT2D eigenvalue weighted by atomic mass is 9.92. The smallest absolute Gasteiger partial charge is 0.323 e. The van der Waals surface area contributed by atoms with Crippen molar-refractivity contribution in [1.29, 1.82) is 5.26 Å². The van der Waals surface area contributed by atoms with E-state index in [9.17, 15) is 10.1 Å². The molecule has 36 heavy (non-hydrogen) atoms. The van der Waals surface area contributed by atoms with Gasteiger partial charge in [0.1, 0.15) is 17.9 Å². The van der Waals surface area contributed by atoms with E-state index in [0.717, 1.165) is 69.7 Å². The van der Waals surface area contributed by atoms with Gasteiger partial charge >= 0.3 is 5.97 Å². The first-order valence-corrected chi connectivity index (χ1v) is 13.4. The quantitative estimate of drug-likeness (QED) is 0.437. The van der Waals surface area contributed by atoms with Crippen LogP contribution in [0.25, 0.3) is 0 Å². The topological polar surface area (TPSA) is 65.8 Å². The number of methoxy groups -OCH3 is 1. The average Bonchev–Trinajstić information content (AvgIpc) is 2.91. The highest BCUT2D eigenvalue weighted by molar-refractivity contribution is 6.42. The fraction of sp³-hybridized carbons (Fsp3) is 0.500. The average molecular weight is 530 g/mol. The fourth-order valence-corrected chi connectivity index (χ4v) is 5.57. The minimum Gasteiger partial charge on any atom is -0.490 e. The molecule has 2 aliphatic rings. The van der Waals surface area contributed by atoms with E-state index in [-0.39, 0.29) is 18.1 Å². The highest BCUT2D eigenvalue weighted by Gasteiger charge is 2.32. The summed E-state index contributed by atoms with van der Waals surface area (Å²) < 4.78 is 11.3. The molecule has 192 valence electrons. The van der Waals surface area contributed by atoms with Gasteiger partial charge in [0.25, 0.3) is 0 Å². The number of nitriles is 1. The van der Waals surface area contributed by atoms with Crippen LogP contribution in [0, 0.1) is 17.2 Å². The van der Waals surface area contributed by atoms with Crippen molar-refractivity contribution in [2.75, 3.05) is 39.8 Å². The first-order chi connectivity index (χ1) is 17.5. The molecule has 2 aromatic rings. The first-order valence-electron chi connectivity index (χ1n) is 12.6. The van der Waals surface area contributed by atoms with Crippen molar-refractivity contribution in [3.63, 3.8) is 0 Å². The van der Waals surface area contributed by atoms with E-state index >= 15 is 0 Å². The maximum atomic E-state index is 12.6. The second-order valence-electron chi connectivity index (χ2n) is 9.69. The van der Waals surface area contributed by atoms with Crippen LogP contribution in [0.5, 0.6) is 5.75 Å². The van der Waals surface area contributed by atoms with Crippen LogP contribution in [-0.4, -0.2) is 67.7 Å². The van der Waals surface area contributed by atoms with Crippen LogP contribution in [0.1, 0.15) is 36.8 Å². The number of esters is 1. The zero-order valence-electron chi connectivity index (χ0n) is 20.7. The van der Waals surface area contributed by atoms with Crippen LogP contribution >= 0.6 is 23.2 Å². The summed E-state index contributed by atoms with van der Waals surface area (Å²) in [5, 5.41) is 10.5. The van der Waals surface area contributed by atoms with Gasteiger partial charge in [0.05, 0.1) is 28.8 Å². The molecule has 0 amide bonds. The van der Waals surface area contributed by atoms with Gasteiger partial charge in [-0.3, -0.25) is 9.69 Å². The van der Waals surface area contributed by atoms with Gasteiger partial charge in [-0.25, -0.2) is 0 Å². The molecular weight excluding hydrogens is 497 g/mol. The van der Waals surface area contributed by atoms with E-state index in [0.29, 0.717) is 27.9 Å². The normalized spacial score (nSPS) is 18.9. The molecule has 0 saturated carbocycles. The Labute approximate surface area is 223 Å². The van der Waals surface area contributed by atoms with Gasteiger partial charge in [0.15, 0.2) is 0 Å². The number of piperidine rings is 2. The Kier molecular flexibility index (Phi) is 9.50. The molecule has 6 nitrogen and oxygen atoms in total. The monoisotopic (exact) mass is 529 g/mol. The number of halogens is 2. The molecule has 1 unspecified atom stereocenters. The molecule has 2 saturated heterocycles. The zero-order valence-corrected chi connectivity index (χ0v) is 22.2. The summed E-state index contributed by atoms with van der Waals surface area (Å²) in [4.78, 5) is 17.4. The van der Waals surface area contributed by atoms with E-state index in [4.69, 9.17) is 32.7 Å². The number of hydrogen-bond donors (Lipinski definition) is 0. The number of likely N-dealkylation sites (tertiary alicyclic amines) is 2. The number of nitrogens with zero attached hydrogens (tertiary/aromatic N) is 3. The largest absolute Gasteiger partial charge is 0.490 e. The molecule has 2 aromatic carbocycles. The summed E-state index contributed by atoms with van der Waals surface area (Å²) in [5.74, 6) is 1.15. The lowest BCUT2D eigenvalue weighted by Crippen LogP contribution is -2.49. The standard InChI is InChI=1S/C28H33Cl2N3O3/c1-35-28(34)27(16-21-4-2-3-5-22(21)18-31)33-14-8-20(9-15-33)19-32-12-10-23(11-13-32)36-24-6-7-25(29)26(30)17-24/h2-7,17,20,23,27H,8-16,19H2,1H3. The summed E-state index contributed by atoms with van der Waals surface area (Å²) in [6.45, 7) is 4.82. The first kappa shape index (κ1) is 26.8. The Morgan fingerprint density at radius 1 is 1.06 bits per heavy atom. The Morgan fingerprint density at radius 3 is 2.44 bits per heavy atom. The Hall–Kier alpha value is -2.30. The van der Waals surface area contributed by atoms with Gasteiger partial charge in [-0.15, -0.1) is 0 Å². The van der Waals surface area contributed by atoms with Gasteiger partial charge in [0.2, 0.25) is 0 Å². The van der Waals surface area contributed by atoms with Gasteiger partial charge < -0.3 is 14.4 Å². The number of hydrogen-bond acceptors (Lipinski definition) is 6. The molecule has 0 aliphatic carbocycles. The van der Waals surface area contributed by atoms with E-state index in [1.54, 1.807) is 18.2 Å². The summed E-state index contributed by atoms with van der Waals surface area (Å²) >= 11 is 12.1. The third kappa shape index (κ3) is 6.92. The van der Waals surface area contributed by atoms with Crippen molar-refractivity contribution < 1.29 is 14.3 Å². The predicted molar refractivity (Wildman–Crippen MR) is 142 cm³/mol. The van der Waals surface area contributed by atoms with E-state index in [1.165, 1.54) is 7.11 Å². The number of ether oxygens (including phenoxy) is 2. The van der Waals surface area contributed by atoms with Crippen molar-refractivity contribution >= 4 is 29.2 Å². The molecule has 0 bridgehead atoms. The minimum absolute atomic E-state index is 0.192. The Morgan fingerprint density at radius 2 is 1.78 bits per heavy atom. The molecule has 0 radical (unpaired) electrons. The van der Waals surface area contributed by atoms with Crippen molar-refractivity contribution in [3.05, 3.63) is 63.6 Å². The zero-order chi connectivity index (χ0) is 25.5. The second kappa shape index (κ2) is 12.8. The molecule has 0 aromatic heterocycles. The number of rotatable bonds is 8. The van der Waals surface area contributed by atoms with Crippen LogP contribution in [0.3, 0.4) is 0 Å². The van der Waals surface area contributed by atoms with E-state index in [1.807, 2.05) is 24.3 Å². The molecule has 1 atom stereocenters. The number of carbonyl (C=O) groups is 1. The van der Waals surface area contributed by atoms with Crippen LogP contribution < -0.4 is 4.74 Å². The Balaban J connectivity index is 1.24. The van der Waals surface area contributed by atoms with E-state index < -0.39 is 0 Å². The summed E-state index contributed by atoms with van der Waals surface area (Å²) in [5.41, 5.74) is 1.51. The highest BCUT2D eigenvalue weighted by atomic mass is 35.5. The van der Waals surface area contributed by atoms with Gasteiger partial charge in [0, 0.05) is 25.7 Å². The Bertz CT molecular complexity index is 1070. The van der Waals surface area contributed by atoms with Crippen molar-refractivity contribution in [2.24, 2.45) is 5.92 Å². The lowest BCUT2D eigenvalue weighted by Gasteiger charge is -2.39. The molecular formula is C28H33Cl2N3O3. The third-order valence-electron chi connectivity index (χ3n) is 7.36. The predicted octanol–water partition coefficient (Wildman–Crippen LogP) is 5.20. The minimum atomic E-state index is -0.361. The second-order valence-corrected chi connectivity index (χ2v) is 10.5. The molecule has 0 spiro atoms. The maximum absolute atomic E-state index is 12.6. The van der Waals surface area contributed by atoms with Gasteiger partial charge in [-0.05, 0) is 74.9 Å². The van der Waals surface area contributed by atoms with Crippen LogP contribution in [-0.2, 0) is 16.0 Å². The summed E-state index contributed by atoms with van der Waals surface area (Å²) in [6.07, 6.45) is 4.76. The molecule has 8 heteroatoms. The number of benzene rings is 2. The van der Waals surface area contributed by atoms with Gasteiger partial charge in [-0.2, -0.15) is 5.26 Å². The molecule has 2 aliphatic heterocycles. The number of carbonyl (C=O) groups excluding carboxylic acids is 1. The van der Waals surface area contributed by atoms with Crippen LogP contribution in [0.4, 0.5) is 0 Å². The van der Waals surface area contributed by atoms with Crippen molar-refractivity contribution in [1.82, 2.24) is 9.80 Å². The summed E-state index contributed by atoms with van der Waals surface area (Å²) in [7, 11) is 1.44. The van der Waals surface area contributed by atoms with Crippen LogP contribution in [0.15, 0.2) is 42.5 Å². The van der Waals surface area contributed by atoms with Gasteiger partial charge in [-0.1, -0.05) is 41.4 Å². The highest BCUT2D eigenvalue weighted by Crippen LogP contribution is 2.29. The van der Waals surface area contributed by atoms with Crippen LogP contribution in [0.2, 0.25) is 10.0 Å². The van der Waals surface area contributed by atoms with E-state index in [2.05, 4.69) is 15.9 Å². The maximum Gasteiger partial charge on any atom is 0.323 e. The molecule has 0 N–H and O–H groups in total. The molecule has 4 rings (SSSR count). The lowest BCUT2D eigenvalue weighted by molar-refractivity contribution is -0.147. The molecule has 2 heterocycles. The van der Waals surface area contributed by atoms with Crippen molar-refractivity contribution in [2.45, 2.75) is 44.2 Å². The fourth-order valence-electron chi connectivity index (χ4n) is 5.28. The third-order valence-corrected chi connectivity index (χ3v) is 8.10.